The van der Waals surface area contributed by atoms with Crippen molar-refractivity contribution in [3.8, 4) is 0 Å². The van der Waals surface area contributed by atoms with Gasteiger partial charge in [0.2, 0.25) is 10.0 Å². The number of hydrogen-bond acceptors (Lipinski definition) is 5. The van der Waals surface area contributed by atoms with Crippen LogP contribution < -0.4 is 9.86 Å². The van der Waals surface area contributed by atoms with Gasteiger partial charge in [-0.05, 0) is 30.3 Å². The minimum Gasteiger partial charge on any atom is -0.277 e. The standard InChI is InChI=1S/C10H8ClFN2O4S3/c11-9-3-4-10(19-9)21(17,18)14-7-5-6(12)1-2-8(7)20(13,15)16/h1-5,14H,(H2,13,15,16). The molecule has 0 aliphatic rings. The van der Waals surface area contributed by atoms with Gasteiger partial charge in [-0.3, -0.25) is 4.72 Å². The number of halogens is 2. The van der Waals surface area contributed by atoms with E-state index in [-0.39, 0.29) is 8.55 Å². The number of thiophene rings is 1. The molecule has 0 bridgehead atoms. The van der Waals surface area contributed by atoms with Crippen LogP contribution in [0.5, 0.6) is 0 Å². The van der Waals surface area contributed by atoms with Crippen LogP contribution in [-0.2, 0) is 20.0 Å². The second-order valence-electron chi connectivity index (χ2n) is 3.85. The van der Waals surface area contributed by atoms with E-state index in [4.69, 9.17) is 16.7 Å². The van der Waals surface area contributed by atoms with Crippen molar-refractivity contribution in [1.82, 2.24) is 0 Å². The molecule has 114 valence electrons. The van der Waals surface area contributed by atoms with E-state index in [0.29, 0.717) is 0 Å². The second kappa shape index (κ2) is 5.54. The summed E-state index contributed by atoms with van der Waals surface area (Å²) in [5, 5.41) is 4.97. The quantitative estimate of drug-likeness (QED) is 0.858. The fourth-order valence-corrected chi connectivity index (χ4v) is 4.76. The van der Waals surface area contributed by atoms with E-state index in [0.717, 1.165) is 29.5 Å². The lowest BCUT2D eigenvalue weighted by Gasteiger charge is -2.10. The first kappa shape index (κ1) is 16.2. The molecule has 0 aliphatic carbocycles. The maximum atomic E-state index is 13.2. The van der Waals surface area contributed by atoms with E-state index in [2.05, 4.69) is 0 Å². The summed E-state index contributed by atoms with van der Waals surface area (Å²) in [4.78, 5) is -0.532. The summed E-state index contributed by atoms with van der Waals surface area (Å²) in [5.74, 6) is -0.815. The SMILES string of the molecule is NS(=O)(=O)c1ccc(F)cc1NS(=O)(=O)c1ccc(Cl)s1. The Labute approximate surface area is 129 Å². The van der Waals surface area contributed by atoms with Crippen molar-refractivity contribution < 1.29 is 21.2 Å². The second-order valence-corrected chi connectivity index (χ2v) is 9.00. The number of sulfonamides is 2. The van der Waals surface area contributed by atoms with Gasteiger partial charge >= 0.3 is 0 Å². The Morgan fingerprint density at radius 2 is 1.81 bits per heavy atom. The molecule has 21 heavy (non-hydrogen) atoms. The molecule has 2 rings (SSSR count). The summed E-state index contributed by atoms with van der Waals surface area (Å²) in [7, 11) is -8.31. The first-order valence-electron chi connectivity index (χ1n) is 5.20. The number of nitrogens with two attached hydrogens (primary N) is 1. The van der Waals surface area contributed by atoms with Gasteiger partial charge < -0.3 is 0 Å². The van der Waals surface area contributed by atoms with Crippen LogP contribution in [0.1, 0.15) is 0 Å². The predicted octanol–water partition coefficient (Wildman–Crippen LogP) is 1.99. The number of primary sulfonamides is 1. The molecule has 0 aliphatic heterocycles. The smallest absolute Gasteiger partial charge is 0.271 e. The Balaban J connectivity index is 2.51. The monoisotopic (exact) mass is 370 g/mol. The molecule has 1 aromatic heterocycles. The molecule has 0 amide bonds. The summed E-state index contributed by atoms with van der Waals surface area (Å²) >= 11 is 6.42. The van der Waals surface area contributed by atoms with Gasteiger partial charge in [0, 0.05) is 0 Å². The largest absolute Gasteiger partial charge is 0.277 e. The van der Waals surface area contributed by atoms with Crippen LogP contribution in [0.3, 0.4) is 0 Å². The van der Waals surface area contributed by atoms with Gasteiger partial charge in [0.1, 0.15) is 14.9 Å². The Bertz CT molecular complexity index is 893. The molecule has 1 heterocycles. The summed E-state index contributed by atoms with van der Waals surface area (Å²) in [6.07, 6.45) is 0. The van der Waals surface area contributed by atoms with Gasteiger partial charge in [0.15, 0.2) is 0 Å². The highest BCUT2D eigenvalue weighted by Gasteiger charge is 2.22. The maximum absolute atomic E-state index is 13.2. The van der Waals surface area contributed by atoms with Crippen molar-refractivity contribution in [2.75, 3.05) is 4.72 Å². The van der Waals surface area contributed by atoms with E-state index < -0.39 is 36.4 Å². The van der Waals surface area contributed by atoms with Crippen molar-refractivity contribution in [2.24, 2.45) is 5.14 Å². The Hall–Kier alpha value is -1.20. The van der Waals surface area contributed by atoms with Crippen LogP contribution in [0.15, 0.2) is 39.4 Å². The number of nitrogens with one attached hydrogen (secondary N) is 1. The fraction of sp³-hybridized carbons (Fsp3) is 0. The molecule has 1 aromatic carbocycles. The third-order valence-corrected chi connectivity index (χ3v) is 6.36. The Kier molecular flexibility index (Phi) is 4.26. The van der Waals surface area contributed by atoms with Crippen molar-refractivity contribution >= 4 is 48.7 Å². The third-order valence-electron chi connectivity index (χ3n) is 2.31. The topological polar surface area (TPSA) is 106 Å². The van der Waals surface area contributed by atoms with Gasteiger partial charge in [-0.15, -0.1) is 11.3 Å². The summed E-state index contributed by atoms with van der Waals surface area (Å²) in [6.45, 7) is 0. The minimum atomic E-state index is -4.22. The first-order valence-corrected chi connectivity index (χ1v) is 9.42. The third kappa shape index (κ3) is 3.71. The lowest BCUT2D eigenvalue weighted by atomic mass is 10.3. The normalized spacial score (nSPS) is 12.3. The van der Waals surface area contributed by atoms with Crippen LogP contribution in [-0.4, -0.2) is 16.8 Å². The number of benzene rings is 1. The fourth-order valence-electron chi connectivity index (χ4n) is 1.47. The Morgan fingerprint density at radius 3 is 2.33 bits per heavy atom. The van der Waals surface area contributed by atoms with E-state index in [1.807, 2.05) is 4.72 Å². The van der Waals surface area contributed by atoms with E-state index in [1.165, 1.54) is 12.1 Å². The summed E-state index contributed by atoms with van der Waals surface area (Å²) in [6, 6.07) is 5.08. The zero-order chi connectivity index (χ0) is 15.8. The molecule has 11 heteroatoms. The zero-order valence-corrected chi connectivity index (χ0v) is 13.3. The zero-order valence-electron chi connectivity index (χ0n) is 10.1. The van der Waals surface area contributed by atoms with E-state index >= 15 is 0 Å². The van der Waals surface area contributed by atoms with Crippen LogP contribution >= 0.6 is 22.9 Å². The number of rotatable bonds is 4. The highest BCUT2D eigenvalue weighted by Crippen LogP contribution is 2.29. The van der Waals surface area contributed by atoms with Crippen molar-refractivity contribution in [1.29, 1.82) is 0 Å². The molecule has 0 saturated carbocycles. The van der Waals surface area contributed by atoms with E-state index in [9.17, 15) is 21.2 Å². The van der Waals surface area contributed by atoms with Gasteiger partial charge in [0.05, 0.1) is 10.0 Å². The molecular formula is C10H8ClFN2O4S3. The highest BCUT2D eigenvalue weighted by molar-refractivity contribution is 7.95. The maximum Gasteiger partial charge on any atom is 0.271 e. The van der Waals surface area contributed by atoms with Gasteiger partial charge in [-0.1, -0.05) is 11.6 Å². The summed E-state index contributed by atoms with van der Waals surface area (Å²) < 4.78 is 62.3. The molecule has 0 atom stereocenters. The van der Waals surface area contributed by atoms with E-state index in [1.54, 1.807) is 0 Å². The lowest BCUT2D eigenvalue weighted by molar-refractivity contribution is 0.597. The van der Waals surface area contributed by atoms with Gasteiger partial charge in [0.25, 0.3) is 10.0 Å². The molecular weight excluding hydrogens is 363 g/mol. The molecule has 0 saturated heterocycles. The van der Waals surface area contributed by atoms with Crippen molar-refractivity contribution in [2.45, 2.75) is 9.10 Å². The molecule has 6 nitrogen and oxygen atoms in total. The van der Waals surface area contributed by atoms with Crippen LogP contribution in [0.2, 0.25) is 4.34 Å². The van der Waals surface area contributed by atoms with Crippen molar-refractivity contribution in [3.63, 3.8) is 0 Å². The van der Waals surface area contributed by atoms with Crippen LogP contribution in [0, 0.1) is 5.82 Å². The number of anilines is 1. The molecule has 2 aromatic rings. The van der Waals surface area contributed by atoms with Gasteiger partial charge in [-0.2, -0.15) is 0 Å². The lowest BCUT2D eigenvalue weighted by Crippen LogP contribution is -2.18. The first-order chi connectivity index (χ1) is 9.59. The van der Waals surface area contributed by atoms with Crippen LogP contribution in [0.4, 0.5) is 10.1 Å². The highest BCUT2D eigenvalue weighted by atomic mass is 35.5. The molecule has 0 spiro atoms. The van der Waals surface area contributed by atoms with Gasteiger partial charge in [-0.25, -0.2) is 26.4 Å². The average molecular weight is 371 g/mol. The summed E-state index contributed by atoms with van der Waals surface area (Å²) in [5.41, 5.74) is -0.470. The minimum absolute atomic E-state index is 0.142. The molecule has 3 N–H and O–H groups in total. The van der Waals surface area contributed by atoms with Crippen molar-refractivity contribution in [3.05, 3.63) is 40.5 Å². The predicted molar refractivity (Wildman–Crippen MR) is 77.9 cm³/mol. The average Bonchev–Trinajstić information content (AvgIpc) is 2.74. The molecule has 0 fully saturated rings. The number of hydrogen-bond donors (Lipinski definition) is 2. The van der Waals surface area contributed by atoms with Crippen LogP contribution in [0.25, 0.3) is 0 Å². The Morgan fingerprint density at radius 1 is 1.14 bits per heavy atom. The molecule has 0 unspecified atom stereocenters. The molecule has 0 radical (unpaired) electrons.